The molecule has 0 heterocycles. The minimum atomic E-state index is -1.09. The van der Waals surface area contributed by atoms with Crippen LogP contribution in [0.4, 0.5) is 5.69 Å². The summed E-state index contributed by atoms with van der Waals surface area (Å²) in [6.45, 7) is 1.54. The van der Waals surface area contributed by atoms with Gasteiger partial charge in [-0.2, -0.15) is 0 Å². The van der Waals surface area contributed by atoms with E-state index >= 15 is 0 Å². The van der Waals surface area contributed by atoms with Crippen LogP contribution in [0.15, 0.2) is 24.3 Å². The molecule has 0 bridgehead atoms. The van der Waals surface area contributed by atoms with Gasteiger partial charge in [0.05, 0.1) is 25.1 Å². The van der Waals surface area contributed by atoms with Gasteiger partial charge in [-0.25, -0.2) is 4.79 Å². The van der Waals surface area contributed by atoms with E-state index in [4.69, 9.17) is 0 Å². The van der Waals surface area contributed by atoms with Crippen LogP contribution in [0.1, 0.15) is 23.7 Å². The zero-order valence-corrected chi connectivity index (χ0v) is 13.5. The molecule has 0 aromatic heterocycles. The summed E-state index contributed by atoms with van der Waals surface area (Å²) in [5.74, 6) is -2.60. The molecule has 0 fully saturated rings. The number of hydrogen-bond acceptors (Lipinski definition) is 7. The van der Waals surface area contributed by atoms with E-state index in [1.807, 2.05) is 0 Å². The molecular weight excluding hydrogens is 320 g/mol. The van der Waals surface area contributed by atoms with Gasteiger partial charge in [0.15, 0.2) is 0 Å². The number of nitrogens with zero attached hydrogens (tertiary/aromatic N) is 1. The van der Waals surface area contributed by atoms with Crippen LogP contribution in [0.25, 0.3) is 0 Å². The minimum absolute atomic E-state index is 0.0174. The predicted molar refractivity (Wildman–Crippen MR) is 82.2 cm³/mol. The van der Waals surface area contributed by atoms with Gasteiger partial charge in [-0.05, 0) is 12.5 Å². The van der Waals surface area contributed by atoms with Crippen LogP contribution in [0.3, 0.4) is 0 Å². The van der Waals surface area contributed by atoms with Gasteiger partial charge in [-0.15, -0.1) is 0 Å². The number of rotatable bonds is 7. The molecule has 1 aromatic carbocycles. The van der Waals surface area contributed by atoms with E-state index in [1.54, 1.807) is 6.92 Å². The van der Waals surface area contributed by atoms with Crippen LogP contribution in [-0.4, -0.2) is 43.0 Å². The van der Waals surface area contributed by atoms with Gasteiger partial charge in [0, 0.05) is 17.7 Å². The highest BCUT2D eigenvalue weighted by Crippen LogP contribution is 2.14. The van der Waals surface area contributed by atoms with E-state index in [9.17, 15) is 24.5 Å². The molecule has 0 aliphatic carbocycles. The first-order chi connectivity index (χ1) is 11.3. The Bertz CT molecular complexity index is 644. The Hall–Kier alpha value is -2.97. The summed E-state index contributed by atoms with van der Waals surface area (Å²) < 4.78 is 9.19. The molecule has 1 amide bonds. The summed E-state index contributed by atoms with van der Waals surface area (Å²) in [6.07, 6.45) is -0.0278. The largest absolute Gasteiger partial charge is 0.469 e. The first-order valence-corrected chi connectivity index (χ1v) is 7.01. The lowest BCUT2D eigenvalue weighted by molar-refractivity contribution is -0.384. The molecule has 0 radical (unpaired) electrons. The zero-order chi connectivity index (χ0) is 18.3. The fourth-order valence-electron chi connectivity index (χ4n) is 2.01. The maximum absolute atomic E-state index is 12.2. The molecular formula is C15H18N2O7. The van der Waals surface area contributed by atoms with E-state index in [0.717, 1.165) is 13.2 Å². The van der Waals surface area contributed by atoms with E-state index in [1.165, 1.54) is 25.3 Å². The molecule has 0 aliphatic heterocycles. The molecule has 1 rings (SSSR count). The Morgan fingerprint density at radius 3 is 2.38 bits per heavy atom. The number of amides is 1. The molecule has 0 aliphatic rings. The number of nitro groups is 1. The second-order valence-corrected chi connectivity index (χ2v) is 5.02. The Kier molecular flexibility index (Phi) is 6.84. The monoisotopic (exact) mass is 338 g/mol. The smallest absolute Gasteiger partial charge is 0.328 e. The van der Waals surface area contributed by atoms with Crippen molar-refractivity contribution in [1.29, 1.82) is 0 Å². The van der Waals surface area contributed by atoms with Crippen molar-refractivity contribution in [3.8, 4) is 0 Å². The molecule has 1 N–H and O–H groups in total. The van der Waals surface area contributed by atoms with Gasteiger partial charge in [-0.3, -0.25) is 19.7 Å². The predicted octanol–water partition coefficient (Wildman–Crippen LogP) is 1.07. The molecule has 0 unspecified atom stereocenters. The topological polar surface area (TPSA) is 125 Å². The van der Waals surface area contributed by atoms with Crippen molar-refractivity contribution >= 4 is 23.5 Å². The van der Waals surface area contributed by atoms with Crippen molar-refractivity contribution < 1.29 is 28.8 Å². The average molecular weight is 338 g/mol. The fourth-order valence-corrected chi connectivity index (χ4v) is 2.01. The number of carbonyl (C=O) groups is 3. The molecule has 0 spiro atoms. The van der Waals surface area contributed by atoms with Crippen molar-refractivity contribution in [1.82, 2.24) is 5.32 Å². The first kappa shape index (κ1) is 19.1. The maximum atomic E-state index is 12.2. The van der Waals surface area contributed by atoms with Crippen molar-refractivity contribution in [3.05, 3.63) is 39.9 Å². The second kappa shape index (κ2) is 8.61. The molecule has 24 heavy (non-hydrogen) atoms. The Labute approximate surface area is 138 Å². The summed E-state index contributed by atoms with van der Waals surface area (Å²) in [6, 6.07) is 3.98. The third-order valence-corrected chi connectivity index (χ3v) is 3.30. The van der Waals surface area contributed by atoms with Crippen LogP contribution in [0, 0.1) is 16.0 Å². The number of carbonyl (C=O) groups excluding carboxylic acids is 3. The Balaban J connectivity index is 2.91. The minimum Gasteiger partial charge on any atom is -0.469 e. The summed E-state index contributed by atoms with van der Waals surface area (Å²) in [7, 11) is 2.37. The second-order valence-electron chi connectivity index (χ2n) is 5.02. The van der Waals surface area contributed by atoms with Crippen LogP contribution in [-0.2, 0) is 19.1 Å². The van der Waals surface area contributed by atoms with E-state index in [2.05, 4.69) is 14.8 Å². The first-order valence-electron chi connectivity index (χ1n) is 7.01. The van der Waals surface area contributed by atoms with Crippen molar-refractivity contribution in [2.75, 3.05) is 14.2 Å². The number of nitro benzene ring substituents is 1. The van der Waals surface area contributed by atoms with Gasteiger partial charge in [0.1, 0.15) is 6.04 Å². The maximum Gasteiger partial charge on any atom is 0.328 e. The Morgan fingerprint density at radius 2 is 1.83 bits per heavy atom. The lowest BCUT2D eigenvalue weighted by Gasteiger charge is -2.19. The Morgan fingerprint density at radius 1 is 1.21 bits per heavy atom. The molecule has 9 nitrogen and oxygen atoms in total. The number of esters is 2. The third kappa shape index (κ3) is 5.04. The molecule has 9 heteroatoms. The highest BCUT2D eigenvalue weighted by molar-refractivity contribution is 5.97. The third-order valence-electron chi connectivity index (χ3n) is 3.30. The number of non-ortho nitro benzene ring substituents is 1. The van der Waals surface area contributed by atoms with Gasteiger partial charge in [0.2, 0.25) is 0 Å². The number of ether oxygens (including phenoxy) is 2. The highest BCUT2D eigenvalue weighted by Gasteiger charge is 2.28. The van der Waals surface area contributed by atoms with Gasteiger partial charge < -0.3 is 14.8 Å². The average Bonchev–Trinajstić information content (AvgIpc) is 2.59. The van der Waals surface area contributed by atoms with E-state index < -0.39 is 34.7 Å². The summed E-state index contributed by atoms with van der Waals surface area (Å²) in [5.41, 5.74) is -0.232. The van der Waals surface area contributed by atoms with Gasteiger partial charge in [0.25, 0.3) is 11.6 Å². The molecule has 2 atom stereocenters. The summed E-state index contributed by atoms with van der Waals surface area (Å²) >= 11 is 0. The van der Waals surface area contributed by atoms with Crippen molar-refractivity contribution in [3.63, 3.8) is 0 Å². The molecule has 130 valence electrons. The number of hydrogen-bond donors (Lipinski definition) is 1. The standard InChI is InChI=1S/C15H18N2O7/c1-9(14(19)23-2)7-12(15(20)24-3)16-13(18)10-5-4-6-11(8-10)17(21)22/h4-6,8-9,12H,7H2,1-3H3,(H,16,18)/t9-,12-/m0/s1. The van der Waals surface area contributed by atoms with Crippen molar-refractivity contribution in [2.45, 2.75) is 19.4 Å². The molecule has 0 saturated carbocycles. The van der Waals surface area contributed by atoms with Crippen LogP contribution in [0.2, 0.25) is 0 Å². The zero-order valence-electron chi connectivity index (χ0n) is 13.5. The number of nitrogens with one attached hydrogen (secondary N) is 1. The van der Waals surface area contributed by atoms with E-state index in [-0.39, 0.29) is 17.7 Å². The SMILES string of the molecule is COC(=O)[C@H](C[C@H](C)C(=O)OC)NC(=O)c1cccc([N+](=O)[O-])c1. The van der Waals surface area contributed by atoms with Gasteiger partial charge in [-0.1, -0.05) is 13.0 Å². The van der Waals surface area contributed by atoms with Crippen LogP contribution in [0.5, 0.6) is 0 Å². The quantitative estimate of drug-likeness (QED) is 0.448. The van der Waals surface area contributed by atoms with Crippen molar-refractivity contribution in [2.24, 2.45) is 5.92 Å². The lowest BCUT2D eigenvalue weighted by Crippen LogP contribution is -2.43. The van der Waals surface area contributed by atoms with Gasteiger partial charge >= 0.3 is 11.9 Å². The fraction of sp³-hybridized carbons (Fsp3) is 0.400. The van der Waals surface area contributed by atoms with E-state index in [0.29, 0.717) is 0 Å². The lowest BCUT2D eigenvalue weighted by atomic mass is 10.0. The summed E-state index contributed by atoms with van der Waals surface area (Å²) in [4.78, 5) is 45.6. The van der Waals surface area contributed by atoms with Crippen LogP contribution < -0.4 is 5.32 Å². The molecule has 0 saturated heterocycles. The number of benzene rings is 1. The normalized spacial score (nSPS) is 12.6. The highest BCUT2D eigenvalue weighted by atomic mass is 16.6. The van der Waals surface area contributed by atoms with Crippen LogP contribution >= 0.6 is 0 Å². The number of methoxy groups -OCH3 is 2. The molecule has 1 aromatic rings. The summed E-state index contributed by atoms with van der Waals surface area (Å²) in [5, 5.41) is 13.2.